The molecule has 1 aromatic heterocycles. The summed E-state index contributed by atoms with van der Waals surface area (Å²) in [6.07, 6.45) is 2.37. The van der Waals surface area contributed by atoms with Gasteiger partial charge in [0, 0.05) is 62.9 Å². The highest BCUT2D eigenvalue weighted by molar-refractivity contribution is 5.88. The van der Waals surface area contributed by atoms with E-state index in [-0.39, 0.29) is 5.91 Å². The Labute approximate surface area is 166 Å². The molecule has 1 aliphatic rings. The van der Waals surface area contributed by atoms with Crippen LogP contribution >= 0.6 is 0 Å². The molecule has 0 saturated carbocycles. The minimum absolute atomic E-state index is 0.0902. The third-order valence-electron chi connectivity index (χ3n) is 5.49. The van der Waals surface area contributed by atoms with Gasteiger partial charge in [-0.15, -0.1) is 0 Å². The molecular weight excluding hydrogens is 348 g/mol. The summed E-state index contributed by atoms with van der Waals surface area (Å²) in [5, 5.41) is 4.21. The van der Waals surface area contributed by atoms with Crippen molar-refractivity contribution in [3.05, 3.63) is 71.9 Å². The fraction of sp³-hybridized carbons (Fsp3) is 0.348. The van der Waals surface area contributed by atoms with Crippen LogP contribution < -0.4 is 5.32 Å². The van der Waals surface area contributed by atoms with Gasteiger partial charge in [-0.05, 0) is 17.2 Å². The molecule has 28 heavy (non-hydrogen) atoms. The molecule has 2 aromatic carbocycles. The lowest BCUT2D eigenvalue weighted by Crippen LogP contribution is -2.48. The van der Waals surface area contributed by atoms with Crippen LogP contribution in [0.1, 0.15) is 11.1 Å². The number of benzene rings is 2. The van der Waals surface area contributed by atoms with Gasteiger partial charge in [-0.2, -0.15) is 0 Å². The van der Waals surface area contributed by atoms with Gasteiger partial charge in [-0.25, -0.2) is 0 Å². The lowest BCUT2D eigenvalue weighted by Gasteiger charge is -2.34. The van der Waals surface area contributed by atoms with E-state index in [0.29, 0.717) is 13.0 Å². The molecule has 5 nitrogen and oxygen atoms in total. The van der Waals surface area contributed by atoms with E-state index < -0.39 is 0 Å². The predicted molar refractivity (Wildman–Crippen MR) is 113 cm³/mol. The Kier molecular flexibility index (Phi) is 6.04. The minimum atomic E-state index is 0.0902. The summed E-state index contributed by atoms with van der Waals surface area (Å²) in [6.45, 7) is 6.93. The molecule has 3 aromatic rings. The van der Waals surface area contributed by atoms with Crippen molar-refractivity contribution in [2.45, 2.75) is 13.0 Å². The Morgan fingerprint density at radius 1 is 0.929 bits per heavy atom. The third kappa shape index (κ3) is 4.80. The molecule has 0 unspecified atom stereocenters. The molecule has 0 bridgehead atoms. The number of hydrogen-bond acceptors (Lipinski definition) is 3. The zero-order valence-corrected chi connectivity index (χ0v) is 16.2. The Morgan fingerprint density at radius 3 is 2.46 bits per heavy atom. The van der Waals surface area contributed by atoms with E-state index in [4.69, 9.17) is 0 Å². The van der Waals surface area contributed by atoms with Crippen molar-refractivity contribution < 1.29 is 4.79 Å². The average molecular weight is 377 g/mol. The highest BCUT2D eigenvalue weighted by Gasteiger charge is 2.17. The first-order chi connectivity index (χ1) is 13.8. The molecule has 1 amide bonds. The molecule has 146 valence electrons. The van der Waals surface area contributed by atoms with E-state index in [0.717, 1.165) is 55.7 Å². The second-order valence-corrected chi connectivity index (χ2v) is 7.49. The molecule has 0 atom stereocenters. The summed E-state index contributed by atoms with van der Waals surface area (Å²) < 4.78 is 0. The normalized spacial score (nSPS) is 15.7. The smallest absolute Gasteiger partial charge is 0.224 e. The van der Waals surface area contributed by atoms with E-state index in [2.05, 4.69) is 56.5 Å². The van der Waals surface area contributed by atoms with Crippen LogP contribution in [0.4, 0.5) is 0 Å². The standard InChI is InChI=1S/C23H28N4O/c28-23(16-20-17-25-22-9-5-4-8-21(20)22)24-10-11-26-12-14-27(15-13-26)18-19-6-2-1-3-7-19/h1-9,17,25H,10-16,18H2,(H,24,28). The largest absolute Gasteiger partial charge is 0.361 e. The molecular formula is C23H28N4O. The van der Waals surface area contributed by atoms with Gasteiger partial charge in [0.1, 0.15) is 0 Å². The molecule has 0 spiro atoms. The molecule has 1 aliphatic heterocycles. The number of rotatable bonds is 7. The Bertz CT molecular complexity index is 897. The Morgan fingerprint density at radius 2 is 1.64 bits per heavy atom. The van der Waals surface area contributed by atoms with Crippen molar-refractivity contribution in [3.63, 3.8) is 0 Å². The van der Waals surface area contributed by atoms with Gasteiger partial charge in [-0.3, -0.25) is 14.6 Å². The Balaban J connectivity index is 1.16. The van der Waals surface area contributed by atoms with Gasteiger partial charge in [0.25, 0.3) is 0 Å². The van der Waals surface area contributed by atoms with Crippen molar-refractivity contribution in [1.29, 1.82) is 0 Å². The van der Waals surface area contributed by atoms with Crippen LogP contribution in [-0.2, 0) is 17.8 Å². The average Bonchev–Trinajstić information content (AvgIpc) is 3.13. The van der Waals surface area contributed by atoms with Crippen molar-refractivity contribution in [3.8, 4) is 0 Å². The van der Waals surface area contributed by atoms with E-state index in [1.807, 2.05) is 24.4 Å². The number of amides is 1. The van der Waals surface area contributed by atoms with E-state index in [9.17, 15) is 4.79 Å². The predicted octanol–water partition coefficient (Wildman–Crippen LogP) is 2.64. The maximum Gasteiger partial charge on any atom is 0.224 e. The van der Waals surface area contributed by atoms with Gasteiger partial charge in [0.05, 0.1) is 6.42 Å². The van der Waals surface area contributed by atoms with Crippen molar-refractivity contribution in [2.24, 2.45) is 0 Å². The highest BCUT2D eigenvalue weighted by atomic mass is 16.1. The number of hydrogen-bond donors (Lipinski definition) is 2. The second kappa shape index (κ2) is 9.04. The zero-order chi connectivity index (χ0) is 19.2. The summed E-state index contributed by atoms with van der Waals surface area (Å²) in [5.41, 5.74) is 3.52. The number of aromatic nitrogens is 1. The SMILES string of the molecule is O=C(Cc1c[nH]c2ccccc12)NCCN1CCN(Cc2ccccc2)CC1. The number of nitrogens with zero attached hydrogens (tertiary/aromatic N) is 2. The summed E-state index contributed by atoms with van der Waals surface area (Å²) >= 11 is 0. The fourth-order valence-corrected chi connectivity index (χ4v) is 3.88. The van der Waals surface area contributed by atoms with E-state index in [1.54, 1.807) is 0 Å². The molecule has 2 heterocycles. The number of carbonyl (C=O) groups is 1. The number of H-pyrrole nitrogens is 1. The molecule has 4 rings (SSSR count). The minimum Gasteiger partial charge on any atom is -0.361 e. The molecule has 1 fully saturated rings. The number of aromatic amines is 1. The molecule has 0 aliphatic carbocycles. The third-order valence-corrected chi connectivity index (χ3v) is 5.49. The van der Waals surface area contributed by atoms with Crippen LogP contribution in [0, 0.1) is 0 Å². The van der Waals surface area contributed by atoms with Gasteiger partial charge in [0.15, 0.2) is 0 Å². The first-order valence-corrected chi connectivity index (χ1v) is 10.1. The number of fused-ring (bicyclic) bond motifs is 1. The van der Waals surface area contributed by atoms with Crippen molar-refractivity contribution in [1.82, 2.24) is 20.1 Å². The summed E-state index contributed by atoms with van der Waals surface area (Å²) in [5.74, 6) is 0.0902. The van der Waals surface area contributed by atoms with E-state index in [1.165, 1.54) is 5.56 Å². The molecule has 0 radical (unpaired) electrons. The maximum atomic E-state index is 12.3. The summed E-state index contributed by atoms with van der Waals surface area (Å²) in [7, 11) is 0. The first-order valence-electron chi connectivity index (χ1n) is 10.1. The van der Waals surface area contributed by atoms with Crippen molar-refractivity contribution in [2.75, 3.05) is 39.3 Å². The van der Waals surface area contributed by atoms with Gasteiger partial charge in [-0.1, -0.05) is 48.5 Å². The summed E-state index contributed by atoms with van der Waals surface area (Å²) in [4.78, 5) is 20.5. The lowest BCUT2D eigenvalue weighted by molar-refractivity contribution is -0.120. The van der Waals surface area contributed by atoms with Crippen LogP contribution in [0.2, 0.25) is 0 Å². The number of para-hydroxylation sites is 1. The molecule has 5 heteroatoms. The second-order valence-electron chi connectivity index (χ2n) is 7.49. The lowest BCUT2D eigenvalue weighted by atomic mass is 10.1. The van der Waals surface area contributed by atoms with E-state index >= 15 is 0 Å². The monoisotopic (exact) mass is 376 g/mol. The van der Waals surface area contributed by atoms with Gasteiger partial charge < -0.3 is 10.3 Å². The van der Waals surface area contributed by atoms with Gasteiger partial charge >= 0.3 is 0 Å². The van der Waals surface area contributed by atoms with Crippen LogP contribution in [0.15, 0.2) is 60.8 Å². The van der Waals surface area contributed by atoms with Crippen molar-refractivity contribution >= 4 is 16.8 Å². The zero-order valence-electron chi connectivity index (χ0n) is 16.2. The topological polar surface area (TPSA) is 51.4 Å². The first kappa shape index (κ1) is 18.7. The molecule has 2 N–H and O–H groups in total. The molecule has 1 saturated heterocycles. The number of nitrogens with one attached hydrogen (secondary N) is 2. The van der Waals surface area contributed by atoms with Crippen LogP contribution in [0.5, 0.6) is 0 Å². The fourth-order valence-electron chi connectivity index (χ4n) is 3.88. The Hall–Kier alpha value is -2.63. The maximum absolute atomic E-state index is 12.3. The number of carbonyl (C=O) groups excluding carboxylic acids is 1. The van der Waals surface area contributed by atoms with Crippen LogP contribution in [0.3, 0.4) is 0 Å². The van der Waals surface area contributed by atoms with Gasteiger partial charge in [0.2, 0.25) is 5.91 Å². The highest BCUT2D eigenvalue weighted by Crippen LogP contribution is 2.17. The van der Waals surface area contributed by atoms with Crippen LogP contribution in [0.25, 0.3) is 10.9 Å². The number of piperazine rings is 1. The summed E-state index contributed by atoms with van der Waals surface area (Å²) in [6, 6.07) is 18.8. The quantitative estimate of drug-likeness (QED) is 0.667. The van der Waals surface area contributed by atoms with Crippen LogP contribution in [-0.4, -0.2) is 60.0 Å².